The number of aliphatic hydroxyl groups excluding tert-OH is 1. The Bertz CT molecular complexity index is 547. The van der Waals surface area contributed by atoms with Gasteiger partial charge in [0.2, 0.25) is 0 Å². The highest BCUT2D eigenvalue weighted by Gasteiger charge is 2.04. The molecule has 0 heterocycles. The van der Waals surface area contributed by atoms with Crippen LogP contribution < -0.4 is 4.74 Å². The van der Waals surface area contributed by atoms with Crippen molar-refractivity contribution in [2.24, 2.45) is 0 Å². The van der Waals surface area contributed by atoms with Gasteiger partial charge in [-0.25, -0.2) is 0 Å². The predicted molar refractivity (Wildman–Crippen MR) is 73.6 cm³/mol. The zero-order chi connectivity index (χ0) is 13.1. The molecule has 4 heteroatoms. The number of rotatable bonds is 3. The van der Waals surface area contributed by atoms with Crippen LogP contribution >= 0.6 is 23.2 Å². The zero-order valence-electron chi connectivity index (χ0n) is 9.78. The molecule has 0 radical (unpaired) electrons. The molecule has 0 aliphatic rings. The molecule has 2 nitrogen and oxygen atoms in total. The van der Waals surface area contributed by atoms with Gasteiger partial charge in [-0.1, -0.05) is 35.3 Å². The van der Waals surface area contributed by atoms with Crippen LogP contribution in [0.15, 0.2) is 36.4 Å². The lowest BCUT2D eigenvalue weighted by Crippen LogP contribution is -1.90. The van der Waals surface area contributed by atoms with Crippen molar-refractivity contribution < 1.29 is 9.84 Å². The van der Waals surface area contributed by atoms with E-state index in [0.717, 1.165) is 11.1 Å². The predicted octanol–water partition coefficient (Wildman–Crippen LogP) is 4.59. The minimum absolute atomic E-state index is 0.0180. The smallest absolute Gasteiger partial charge is 0.130 e. The monoisotopic (exact) mass is 282 g/mol. The number of aryl methyl sites for hydroxylation is 1. The average Bonchev–Trinajstić information content (AvgIpc) is 2.30. The van der Waals surface area contributed by atoms with Gasteiger partial charge in [-0.2, -0.15) is 0 Å². The number of aliphatic hydroxyl groups is 1. The van der Waals surface area contributed by atoms with Gasteiger partial charge in [0.1, 0.15) is 11.5 Å². The number of benzene rings is 2. The van der Waals surface area contributed by atoms with Gasteiger partial charge < -0.3 is 9.84 Å². The Hall–Kier alpha value is -1.22. The van der Waals surface area contributed by atoms with Gasteiger partial charge >= 0.3 is 0 Å². The van der Waals surface area contributed by atoms with E-state index < -0.39 is 0 Å². The van der Waals surface area contributed by atoms with E-state index in [1.165, 1.54) is 0 Å². The molecule has 18 heavy (non-hydrogen) atoms. The van der Waals surface area contributed by atoms with Gasteiger partial charge in [0.05, 0.1) is 6.61 Å². The molecule has 0 atom stereocenters. The summed E-state index contributed by atoms with van der Waals surface area (Å²) in [5.74, 6) is 1.30. The Morgan fingerprint density at radius 1 is 1.06 bits per heavy atom. The second-order valence-electron chi connectivity index (χ2n) is 3.97. The molecule has 0 amide bonds. The Balaban J connectivity index is 2.28. The Morgan fingerprint density at radius 2 is 1.72 bits per heavy atom. The molecule has 1 N–H and O–H groups in total. The van der Waals surface area contributed by atoms with E-state index in [9.17, 15) is 0 Å². The zero-order valence-corrected chi connectivity index (χ0v) is 11.3. The lowest BCUT2D eigenvalue weighted by molar-refractivity contribution is 0.281. The van der Waals surface area contributed by atoms with Crippen LogP contribution in [0.3, 0.4) is 0 Å². The normalized spacial score (nSPS) is 10.4. The van der Waals surface area contributed by atoms with Gasteiger partial charge in [-0.05, 0) is 42.3 Å². The molecule has 2 rings (SSSR count). The number of halogens is 2. The van der Waals surface area contributed by atoms with Crippen LogP contribution in [0.4, 0.5) is 0 Å². The standard InChI is InChI=1S/C14H12Cl2O2/c1-9-4-10(8-17)2-3-14(9)18-13-6-11(15)5-12(16)7-13/h2-7,17H,8H2,1H3. The minimum Gasteiger partial charge on any atom is -0.457 e. The summed E-state index contributed by atoms with van der Waals surface area (Å²) in [7, 11) is 0. The summed E-state index contributed by atoms with van der Waals surface area (Å²) in [6, 6.07) is 10.6. The molecule has 2 aromatic carbocycles. The third-order valence-electron chi connectivity index (χ3n) is 2.49. The van der Waals surface area contributed by atoms with Crippen molar-refractivity contribution in [1.82, 2.24) is 0 Å². The summed E-state index contributed by atoms with van der Waals surface area (Å²) in [4.78, 5) is 0. The Labute approximate surface area is 116 Å². The van der Waals surface area contributed by atoms with Crippen molar-refractivity contribution in [2.75, 3.05) is 0 Å². The molecule has 0 saturated carbocycles. The van der Waals surface area contributed by atoms with Crippen molar-refractivity contribution >= 4 is 23.2 Å². The van der Waals surface area contributed by atoms with E-state index in [1.54, 1.807) is 18.2 Å². The largest absolute Gasteiger partial charge is 0.457 e. The van der Waals surface area contributed by atoms with E-state index in [1.807, 2.05) is 25.1 Å². The van der Waals surface area contributed by atoms with Crippen molar-refractivity contribution in [2.45, 2.75) is 13.5 Å². The van der Waals surface area contributed by atoms with Gasteiger partial charge in [-0.15, -0.1) is 0 Å². The first kappa shape index (κ1) is 13.2. The van der Waals surface area contributed by atoms with Crippen molar-refractivity contribution in [1.29, 1.82) is 0 Å². The van der Waals surface area contributed by atoms with E-state index in [0.29, 0.717) is 21.5 Å². The number of hydrogen-bond acceptors (Lipinski definition) is 2. The molecular weight excluding hydrogens is 271 g/mol. The molecule has 0 aromatic heterocycles. The van der Waals surface area contributed by atoms with Crippen LogP contribution in [-0.4, -0.2) is 5.11 Å². The SMILES string of the molecule is Cc1cc(CO)ccc1Oc1cc(Cl)cc(Cl)c1. The topological polar surface area (TPSA) is 29.5 Å². The second-order valence-corrected chi connectivity index (χ2v) is 4.84. The maximum Gasteiger partial charge on any atom is 0.130 e. The van der Waals surface area contributed by atoms with Crippen LogP contribution in [-0.2, 0) is 6.61 Å². The fourth-order valence-electron chi connectivity index (χ4n) is 1.64. The molecule has 0 unspecified atom stereocenters. The lowest BCUT2D eigenvalue weighted by Gasteiger charge is -2.10. The van der Waals surface area contributed by atoms with Gasteiger partial charge in [0.25, 0.3) is 0 Å². The average molecular weight is 283 g/mol. The third kappa shape index (κ3) is 3.16. The van der Waals surface area contributed by atoms with Crippen LogP contribution in [0.25, 0.3) is 0 Å². The third-order valence-corrected chi connectivity index (χ3v) is 2.92. The summed E-state index contributed by atoms with van der Waals surface area (Å²) < 4.78 is 5.72. The van der Waals surface area contributed by atoms with Gasteiger partial charge in [-0.3, -0.25) is 0 Å². The summed E-state index contributed by atoms with van der Waals surface area (Å²) in [5, 5.41) is 10.1. The number of ether oxygens (including phenoxy) is 1. The van der Waals surface area contributed by atoms with Crippen molar-refractivity contribution in [3.05, 3.63) is 57.6 Å². The first-order valence-electron chi connectivity index (χ1n) is 5.43. The highest BCUT2D eigenvalue weighted by atomic mass is 35.5. The highest BCUT2D eigenvalue weighted by molar-refractivity contribution is 6.34. The maximum absolute atomic E-state index is 9.04. The van der Waals surface area contributed by atoms with E-state index >= 15 is 0 Å². The molecule has 0 aliphatic heterocycles. The van der Waals surface area contributed by atoms with Crippen LogP contribution in [0.5, 0.6) is 11.5 Å². The molecule has 0 fully saturated rings. The van der Waals surface area contributed by atoms with Gasteiger partial charge in [0.15, 0.2) is 0 Å². The van der Waals surface area contributed by atoms with Crippen LogP contribution in [0.2, 0.25) is 10.0 Å². The molecule has 0 spiro atoms. The molecule has 2 aromatic rings. The van der Waals surface area contributed by atoms with Crippen LogP contribution in [0, 0.1) is 6.92 Å². The quantitative estimate of drug-likeness (QED) is 0.893. The number of hydrogen-bond donors (Lipinski definition) is 1. The molecule has 94 valence electrons. The first-order valence-corrected chi connectivity index (χ1v) is 6.18. The molecular formula is C14H12Cl2O2. The van der Waals surface area contributed by atoms with E-state index in [2.05, 4.69) is 0 Å². The van der Waals surface area contributed by atoms with Crippen LogP contribution in [0.1, 0.15) is 11.1 Å². The molecule has 0 saturated heterocycles. The van der Waals surface area contributed by atoms with Crippen molar-refractivity contribution in [3.63, 3.8) is 0 Å². The fraction of sp³-hybridized carbons (Fsp3) is 0.143. The van der Waals surface area contributed by atoms with E-state index in [-0.39, 0.29) is 6.61 Å². The highest BCUT2D eigenvalue weighted by Crippen LogP contribution is 2.30. The summed E-state index contributed by atoms with van der Waals surface area (Å²) in [6.07, 6.45) is 0. The van der Waals surface area contributed by atoms with Gasteiger partial charge in [0, 0.05) is 10.0 Å². The van der Waals surface area contributed by atoms with Crippen molar-refractivity contribution in [3.8, 4) is 11.5 Å². The Kier molecular flexibility index (Phi) is 4.12. The summed E-state index contributed by atoms with van der Waals surface area (Å²) in [5.41, 5.74) is 1.79. The summed E-state index contributed by atoms with van der Waals surface area (Å²) in [6.45, 7) is 1.94. The second kappa shape index (κ2) is 5.61. The lowest BCUT2D eigenvalue weighted by atomic mass is 10.1. The maximum atomic E-state index is 9.04. The summed E-state index contributed by atoms with van der Waals surface area (Å²) >= 11 is 11.8. The fourth-order valence-corrected chi connectivity index (χ4v) is 2.14. The Morgan fingerprint density at radius 3 is 2.28 bits per heavy atom. The minimum atomic E-state index is 0.0180. The molecule has 0 aliphatic carbocycles. The molecule has 0 bridgehead atoms. The first-order chi connectivity index (χ1) is 8.58. The van der Waals surface area contributed by atoms with E-state index in [4.69, 9.17) is 33.0 Å².